The number of Topliss-reactive ketones (excluding diaryl/α,β-unsaturated/α-hetero) is 1. The average Bonchev–Trinajstić information content (AvgIpc) is 2.21. The highest BCUT2D eigenvalue weighted by Gasteiger charge is 2.31. The van der Waals surface area contributed by atoms with Crippen molar-refractivity contribution in [2.45, 2.75) is 57.5 Å². The number of carbonyl (C=O) groups excluding carboxylic acids is 1. The maximum Gasteiger partial charge on any atom is 0.133 e. The lowest BCUT2D eigenvalue weighted by Crippen LogP contribution is -2.30. The minimum absolute atomic E-state index is 0.450. The van der Waals surface area contributed by atoms with E-state index in [1.807, 2.05) is 7.11 Å². The number of carbonyl (C=O) groups is 1. The van der Waals surface area contributed by atoms with E-state index >= 15 is 0 Å². The second kappa shape index (κ2) is 5.11. The Morgan fingerprint density at radius 1 is 1.13 bits per heavy atom. The molecule has 0 aromatic carbocycles. The number of ketones is 1. The van der Waals surface area contributed by atoms with Crippen molar-refractivity contribution in [2.24, 2.45) is 11.8 Å². The fourth-order valence-corrected chi connectivity index (χ4v) is 3.24. The van der Waals surface area contributed by atoms with Gasteiger partial charge in [-0.25, -0.2) is 0 Å². The standard InChI is InChI=1S/C13H22O2/c1-15-13-5-3-2-4-10-8-12(14)7-6-11(10)9-13/h10-11,13H,2-9H2,1H3/t10?,11-,13+/m0/s1. The van der Waals surface area contributed by atoms with Gasteiger partial charge in [-0.1, -0.05) is 12.8 Å². The minimum Gasteiger partial charge on any atom is -0.381 e. The van der Waals surface area contributed by atoms with Crippen LogP contribution >= 0.6 is 0 Å². The number of ether oxygens (including phenoxy) is 1. The Hall–Kier alpha value is -0.370. The van der Waals surface area contributed by atoms with E-state index in [0.717, 1.165) is 25.2 Å². The fourth-order valence-electron chi connectivity index (χ4n) is 3.24. The monoisotopic (exact) mass is 210 g/mol. The highest BCUT2D eigenvalue weighted by atomic mass is 16.5. The molecule has 2 heteroatoms. The van der Waals surface area contributed by atoms with E-state index in [9.17, 15) is 4.79 Å². The van der Waals surface area contributed by atoms with Crippen LogP contribution in [0.3, 0.4) is 0 Å². The molecule has 0 aromatic heterocycles. The summed E-state index contributed by atoms with van der Waals surface area (Å²) < 4.78 is 5.52. The lowest BCUT2D eigenvalue weighted by Gasteiger charge is -2.35. The van der Waals surface area contributed by atoms with E-state index in [-0.39, 0.29) is 0 Å². The van der Waals surface area contributed by atoms with Gasteiger partial charge < -0.3 is 4.74 Å². The summed E-state index contributed by atoms with van der Waals surface area (Å²) >= 11 is 0. The lowest BCUT2D eigenvalue weighted by atomic mass is 9.72. The molecule has 0 bridgehead atoms. The first-order chi connectivity index (χ1) is 7.29. The van der Waals surface area contributed by atoms with Crippen molar-refractivity contribution in [3.8, 4) is 0 Å². The maximum atomic E-state index is 11.4. The molecule has 0 aromatic rings. The van der Waals surface area contributed by atoms with Gasteiger partial charge in [0.2, 0.25) is 0 Å². The fraction of sp³-hybridized carbons (Fsp3) is 0.923. The summed E-state index contributed by atoms with van der Waals surface area (Å²) in [6.07, 6.45) is 9.47. The Morgan fingerprint density at radius 3 is 2.73 bits per heavy atom. The molecule has 0 aliphatic heterocycles. The number of hydrogen-bond donors (Lipinski definition) is 0. The molecule has 3 atom stereocenters. The molecular formula is C13H22O2. The van der Waals surface area contributed by atoms with E-state index in [1.165, 1.54) is 32.1 Å². The van der Waals surface area contributed by atoms with Crippen molar-refractivity contribution in [3.63, 3.8) is 0 Å². The molecule has 2 fully saturated rings. The molecule has 2 nitrogen and oxygen atoms in total. The van der Waals surface area contributed by atoms with Crippen molar-refractivity contribution >= 4 is 5.78 Å². The highest BCUT2D eigenvalue weighted by molar-refractivity contribution is 5.79. The molecule has 0 radical (unpaired) electrons. The molecule has 0 saturated heterocycles. The molecule has 0 N–H and O–H groups in total. The third-order valence-electron chi connectivity index (χ3n) is 4.20. The van der Waals surface area contributed by atoms with Crippen LogP contribution in [-0.4, -0.2) is 19.0 Å². The SMILES string of the molecule is CO[C@@H]1CCCCC2CC(=O)CC[C@H]2C1. The molecule has 0 heterocycles. The first kappa shape index (κ1) is 11.1. The molecular weight excluding hydrogens is 188 g/mol. The third-order valence-corrected chi connectivity index (χ3v) is 4.20. The molecule has 2 rings (SSSR count). The maximum absolute atomic E-state index is 11.4. The van der Waals surface area contributed by atoms with Gasteiger partial charge in [-0.2, -0.15) is 0 Å². The van der Waals surface area contributed by atoms with Crippen LogP contribution in [0.15, 0.2) is 0 Å². The Morgan fingerprint density at radius 2 is 1.93 bits per heavy atom. The Balaban J connectivity index is 1.98. The molecule has 2 aliphatic carbocycles. The number of fused-ring (bicyclic) bond motifs is 1. The van der Waals surface area contributed by atoms with Crippen LogP contribution in [0, 0.1) is 11.8 Å². The Kier molecular flexibility index (Phi) is 3.79. The summed E-state index contributed by atoms with van der Waals surface area (Å²) in [5.41, 5.74) is 0. The normalized spacial score (nSPS) is 37.9. The molecule has 86 valence electrons. The molecule has 15 heavy (non-hydrogen) atoms. The number of hydrogen-bond acceptors (Lipinski definition) is 2. The second-order valence-electron chi connectivity index (χ2n) is 5.18. The van der Waals surface area contributed by atoms with Crippen molar-refractivity contribution in [1.29, 1.82) is 0 Å². The van der Waals surface area contributed by atoms with Crippen LogP contribution in [-0.2, 0) is 9.53 Å². The summed E-state index contributed by atoms with van der Waals surface area (Å²) in [7, 11) is 1.83. The van der Waals surface area contributed by atoms with Gasteiger partial charge in [0, 0.05) is 20.0 Å². The molecule has 0 spiro atoms. The van der Waals surface area contributed by atoms with Crippen molar-refractivity contribution in [1.82, 2.24) is 0 Å². The van der Waals surface area contributed by atoms with Crippen LogP contribution in [0.5, 0.6) is 0 Å². The van der Waals surface area contributed by atoms with Gasteiger partial charge in [-0.05, 0) is 37.5 Å². The van der Waals surface area contributed by atoms with Gasteiger partial charge in [-0.3, -0.25) is 4.79 Å². The van der Waals surface area contributed by atoms with E-state index < -0.39 is 0 Å². The predicted molar refractivity (Wildman–Crippen MR) is 59.7 cm³/mol. The van der Waals surface area contributed by atoms with Gasteiger partial charge in [0.05, 0.1) is 6.10 Å². The summed E-state index contributed by atoms with van der Waals surface area (Å²) in [5.74, 6) is 1.92. The molecule has 1 unspecified atom stereocenters. The molecule has 0 amide bonds. The quantitative estimate of drug-likeness (QED) is 0.665. The lowest BCUT2D eigenvalue weighted by molar-refractivity contribution is -0.123. The Bertz CT molecular complexity index is 225. The van der Waals surface area contributed by atoms with Gasteiger partial charge in [0.15, 0.2) is 0 Å². The third kappa shape index (κ3) is 2.81. The highest BCUT2D eigenvalue weighted by Crippen LogP contribution is 2.37. The number of rotatable bonds is 1. The van der Waals surface area contributed by atoms with E-state index in [1.54, 1.807) is 0 Å². The van der Waals surface area contributed by atoms with Gasteiger partial charge in [-0.15, -0.1) is 0 Å². The summed E-state index contributed by atoms with van der Waals surface area (Å²) in [4.78, 5) is 11.4. The van der Waals surface area contributed by atoms with Gasteiger partial charge in [0.25, 0.3) is 0 Å². The van der Waals surface area contributed by atoms with Gasteiger partial charge >= 0.3 is 0 Å². The molecule has 2 aliphatic rings. The zero-order valence-corrected chi connectivity index (χ0v) is 9.71. The molecule has 2 saturated carbocycles. The van der Waals surface area contributed by atoms with E-state index in [2.05, 4.69) is 0 Å². The van der Waals surface area contributed by atoms with Crippen LogP contribution in [0.4, 0.5) is 0 Å². The average molecular weight is 210 g/mol. The largest absolute Gasteiger partial charge is 0.381 e. The van der Waals surface area contributed by atoms with Crippen molar-refractivity contribution in [2.75, 3.05) is 7.11 Å². The van der Waals surface area contributed by atoms with Crippen molar-refractivity contribution < 1.29 is 9.53 Å². The van der Waals surface area contributed by atoms with Gasteiger partial charge in [0.1, 0.15) is 5.78 Å². The Labute approximate surface area is 92.4 Å². The predicted octanol–water partition coefficient (Wildman–Crippen LogP) is 2.95. The number of methoxy groups -OCH3 is 1. The minimum atomic E-state index is 0.450. The zero-order chi connectivity index (χ0) is 10.7. The topological polar surface area (TPSA) is 26.3 Å². The van der Waals surface area contributed by atoms with Crippen molar-refractivity contribution in [3.05, 3.63) is 0 Å². The first-order valence-corrected chi connectivity index (χ1v) is 6.34. The van der Waals surface area contributed by atoms with Crippen LogP contribution < -0.4 is 0 Å². The zero-order valence-electron chi connectivity index (χ0n) is 9.71. The van der Waals surface area contributed by atoms with Crippen LogP contribution in [0.25, 0.3) is 0 Å². The summed E-state index contributed by atoms with van der Waals surface area (Å²) in [6.45, 7) is 0. The van der Waals surface area contributed by atoms with Crippen LogP contribution in [0.1, 0.15) is 51.4 Å². The van der Waals surface area contributed by atoms with Crippen LogP contribution in [0.2, 0.25) is 0 Å². The summed E-state index contributed by atoms with van der Waals surface area (Å²) in [6, 6.07) is 0. The second-order valence-corrected chi connectivity index (χ2v) is 5.18. The van der Waals surface area contributed by atoms with E-state index in [4.69, 9.17) is 4.74 Å². The van der Waals surface area contributed by atoms with E-state index in [0.29, 0.717) is 17.8 Å². The first-order valence-electron chi connectivity index (χ1n) is 6.34. The summed E-state index contributed by atoms with van der Waals surface area (Å²) in [5, 5.41) is 0. The smallest absolute Gasteiger partial charge is 0.133 e.